The van der Waals surface area contributed by atoms with E-state index in [1.54, 1.807) is 32.0 Å². The zero-order valence-electron chi connectivity index (χ0n) is 11.6. The zero-order valence-corrected chi connectivity index (χ0v) is 12.4. The van der Waals surface area contributed by atoms with Gasteiger partial charge in [-0.25, -0.2) is 13.2 Å². The van der Waals surface area contributed by atoms with Gasteiger partial charge in [-0.15, -0.1) is 0 Å². The minimum Gasteiger partial charge on any atom is -0.478 e. The summed E-state index contributed by atoms with van der Waals surface area (Å²) < 4.78 is 27.1. The fraction of sp³-hybridized carbons (Fsp3) is 0.133. The van der Waals surface area contributed by atoms with E-state index in [2.05, 4.69) is 4.72 Å². The SMILES string of the molecule is Cc1ccccc1NS(=O)(=O)c1ccc(C)c(C(=O)O)c1. The van der Waals surface area contributed by atoms with Gasteiger partial charge in [0.25, 0.3) is 10.0 Å². The van der Waals surface area contributed by atoms with Crippen LogP contribution in [-0.4, -0.2) is 19.5 Å². The van der Waals surface area contributed by atoms with E-state index in [4.69, 9.17) is 5.11 Å². The maximum atomic E-state index is 12.3. The minimum absolute atomic E-state index is 0.0253. The maximum absolute atomic E-state index is 12.3. The van der Waals surface area contributed by atoms with Crippen molar-refractivity contribution in [2.45, 2.75) is 18.7 Å². The number of hydrogen-bond donors (Lipinski definition) is 2. The Morgan fingerprint density at radius 1 is 1.05 bits per heavy atom. The number of benzene rings is 2. The maximum Gasteiger partial charge on any atom is 0.335 e. The predicted octanol–water partition coefficient (Wildman–Crippen LogP) is 2.80. The lowest BCUT2D eigenvalue weighted by atomic mass is 10.1. The summed E-state index contributed by atoms with van der Waals surface area (Å²) in [6.07, 6.45) is 0. The first-order valence-corrected chi connectivity index (χ1v) is 7.72. The molecule has 0 saturated carbocycles. The number of anilines is 1. The predicted molar refractivity (Wildman–Crippen MR) is 80.1 cm³/mol. The molecule has 0 amide bonds. The van der Waals surface area contributed by atoms with E-state index in [-0.39, 0.29) is 10.5 Å². The molecule has 0 saturated heterocycles. The Morgan fingerprint density at radius 3 is 2.33 bits per heavy atom. The fourth-order valence-corrected chi connectivity index (χ4v) is 3.05. The first-order valence-electron chi connectivity index (χ1n) is 6.23. The van der Waals surface area contributed by atoms with E-state index in [0.29, 0.717) is 11.3 Å². The Bertz CT molecular complexity index is 797. The molecule has 6 heteroatoms. The van der Waals surface area contributed by atoms with Crippen molar-refractivity contribution >= 4 is 21.7 Å². The van der Waals surface area contributed by atoms with Crippen LogP contribution >= 0.6 is 0 Å². The van der Waals surface area contributed by atoms with Crippen LogP contribution in [0.3, 0.4) is 0 Å². The molecule has 0 unspecified atom stereocenters. The molecule has 5 nitrogen and oxygen atoms in total. The van der Waals surface area contributed by atoms with E-state index in [1.165, 1.54) is 12.1 Å². The average molecular weight is 305 g/mol. The van der Waals surface area contributed by atoms with Crippen LogP contribution in [0.25, 0.3) is 0 Å². The van der Waals surface area contributed by atoms with Crippen molar-refractivity contribution in [2.75, 3.05) is 4.72 Å². The summed E-state index contributed by atoms with van der Waals surface area (Å²) in [5.41, 5.74) is 1.74. The highest BCUT2D eigenvalue weighted by atomic mass is 32.2. The summed E-state index contributed by atoms with van der Waals surface area (Å²) in [7, 11) is -3.82. The summed E-state index contributed by atoms with van der Waals surface area (Å²) in [5.74, 6) is -1.15. The number of nitrogens with one attached hydrogen (secondary N) is 1. The van der Waals surface area contributed by atoms with Crippen molar-refractivity contribution < 1.29 is 18.3 Å². The number of aromatic carboxylic acids is 1. The molecule has 2 aromatic carbocycles. The topological polar surface area (TPSA) is 83.5 Å². The summed E-state index contributed by atoms with van der Waals surface area (Å²) in [6.45, 7) is 3.41. The Labute approximate surface area is 123 Å². The second-order valence-corrected chi connectivity index (χ2v) is 6.38. The number of para-hydroxylation sites is 1. The number of carbonyl (C=O) groups is 1. The highest BCUT2D eigenvalue weighted by molar-refractivity contribution is 7.92. The summed E-state index contributed by atoms with van der Waals surface area (Å²) >= 11 is 0. The van der Waals surface area contributed by atoms with E-state index in [9.17, 15) is 13.2 Å². The second-order valence-electron chi connectivity index (χ2n) is 4.70. The smallest absolute Gasteiger partial charge is 0.335 e. The first kappa shape index (κ1) is 15.1. The van der Waals surface area contributed by atoms with Gasteiger partial charge in [0.15, 0.2) is 0 Å². The number of rotatable bonds is 4. The molecule has 2 N–H and O–H groups in total. The van der Waals surface area contributed by atoms with Crippen LogP contribution in [0.5, 0.6) is 0 Å². The highest BCUT2D eigenvalue weighted by Gasteiger charge is 2.18. The Balaban J connectivity index is 2.43. The van der Waals surface area contributed by atoms with Crippen molar-refractivity contribution in [1.29, 1.82) is 0 Å². The molecule has 0 aliphatic rings. The lowest BCUT2D eigenvalue weighted by Gasteiger charge is -2.11. The van der Waals surface area contributed by atoms with Crippen LogP contribution < -0.4 is 4.72 Å². The van der Waals surface area contributed by atoms with Crippen LogP contribution in [-0.2, 0) is 10.0 Å². The molecule has 0 atom stereocenters. The van der Waals surface area contributed by atoms with Gasteiger partial charge >= 0.3 is 5.97 Å². The molecule has 0 bridgehead atoms. The van der Waals surface area contributed by atoms with Crippen molar-refractivity contribution in [1.82, 2.24) is 0 Å². The van der Waals surface area contributed by atoms with Crippen LogP contribution in [0.15, 0.2) is 47.4 Å². The largest absolute Gasteiger partial charge is 0.478 e. The lowest BCUT2D eigenvalue weighted by molar-refractivity contribution is 0.0696. The van der Waals surface area contributed by atoms with Gasteiger partial charge in [-0.1, -0.05) is 24.3 Å². The summed E-state index contributed by atoms with van der Waals surface area (Å²) in [6, 6.07) is 11.0. The van der Waals surface area contributed by atoms with Crippen molar-refractivity contribution in [3.63, 3.8) is 0 Å². The minimum atomic E-state index is -3.82. The van der Waals surface area contributed by atoms with Gasteiger partial charge < -0.3 is 5.11 Å². The molecule has 0 radical (unpaired) electrons. The van der Waals surface area contributed by atoms with Gasteiger partial charge in [0.2, 0.25) is 0 Å². The molecule has 0 heterocycles. The quantitative estimate of drug-likeness (QED) is 0.909. The van der Waals surface area contributed by atoms with E-state index in [1.807, 2.05) is 6.07 Å². The molecule has 0 aromatic heterocycles. The Morgan fingerprint density at radius 2 is 1.71 bits per heavy atom. The van der Waals surface area contributed by atoms with Crippen molar-refractivity contribution in [3.05, 3.63) is 59.2 Å². The number of hydrogen-bond acceptors (Lipinski definition) is 3. The lowest BCUT2D eigenvalue weighted by Crippen LogP contribution is -2.15. The third kappa shape index (κ3) is 3.22. The molecular formula is C15H15NO4S. The molecule has 21 heavy (non-hydrogen) atoms. The van der Waals surface area contributed by atoms with Gasteiger partial charge in [-0.05, 0) is 43.2 Å². The van der Waals surface area contributed by atoms with Crippen molar-refractivity contribution in [2.24, 2.45) is 0 Å². The molecule has 0 aliphatic heterocycles. The molecule has 0 spiro atoms. The van der Waals surface area contributed by atoms with Gasteiger partial charge in [0, 0.05) is 0 Å². The fourth-order valence-electron chi connectivity index (χ4n) is 1.89. The molecular weight excluding hydrogens is 290 g/mol. The van der Waals surface area contributed by atoms with Crippen molar-refractivity contribution in [3.8, 4) is 0 Å². The number of sulfonamides is 1. The normalized spacial score (nSPS) is 11.1. The third-order valence-electron chi connectivity index (χ3n) is 3.14. The average Bonchev–Trinajstić information content (AvgIpc) is 2.41. The second kappa shape index (κ2) is 5.57. The van der Waals surface area contributed by atoms with Gasteiger partial charge in [0.05, 0.1) is 16.1 Å². The monoisotopic (exact) mass is 305 g/mol. The third-order valence-corrected chi connectivity index (χ3v) is 4.50. The highest BCUT2D eigenvalue weighted by Crippen LogP contribution is 2.21. The summed E-state index contributed by atoms with van der Waals surface area (Å²) in [4.78, 5) is 11.0. The zero-order chi connectivity index (χ0) is 15.6. The van der Waals surface area contributed by atoms with E-state index in [0.717, 1.165) is 11.6 Å². The van der Waals surface area contributed by atoms with Gasteiger partial charge in [-0.3, -0.25) is 4.72 Å². The van der Waals surface area contributed by atoms with Gasteiger partial charge in [0.1, 0.15) is 0 Å². The van der Waals surface area contributed by atoms with Crippen LogP contribution in [0, 0.1) is 13.8 Å². The van der Waals surface area contributed by atoms with Crippen LogP contribution in [0.4, 0.5) is 5.69 Å². The number of carboxylic acid groups (broad SMARTS) is 1. The number of carboxylic acids is 1. The van der Waals surface area contributed by atoms with E-state index < -0.39 is 16.0 Å². The number of aryl methyl sites for hydroxylation is 2. The van der Waals surface area contributed by atoms with Gasteiger partial charge in [-0.2, -0.15) is 0 Å². The van der Waals surface area contributed by atoms with E-state index >= 15 is 0 Å². The Kier molecular flexibility index (Phi) is 3.99. The standard InChI is InChI=1S/C15H15NO4S/c1-10-7-8-12(9-13(10)15(17)18)21(19,20)16-14-6-4-3-5-11(14)2/h3-9,16H,1-2H3,(H,17,18). The molecule has 110 valence electrons. The first-order chi connectivity index (χ1) is 9.81. The Hall–Kier alpha value is -2.34. The molecule has 0 aliphatic carbocycles. The molecule has 2 rings (SSSR count). The van der Waals surface area contributed by atoms with Crippen LogP contribution in [0.1, 0.15) is 21.5 Å². The summed E-state index contributed by atoms with van der Waals surface area (Å²) in [5, 5.41) is 9.07. The molecule has 0 fully saturated rings. The van der Waals surface area contributed by atoms with Crippen LogP contribution in [0.2, 0.25) is 0 Å². The molecule has 2 aromatic rings.